The summed E-state index contributed by atoms with van der Waals surface area (Å²) in [6, 6.07) is 30.7. The average Bonchev–Trinajstić information content (AvgIpc) is 3.30. The van der Waals surface area contributed by atoms with Crippen LogP contribution in [-0.4, -0.2) is 8.07 Å². The van der Waals surface area contributed by atoms with Crippen molar-refractivity contribution in [1.29, 1.82) is 0 Å². The molecule has 1 aliphatic rings. The van der Waals surface area contributed by atoms with Crippen molar-refractivity contribution in [3.05, 3.63) is 113 Å². The van der Waals surface area contributed by atoms with E-state index >= 15 is 0 Å². The number of aryl methyl sites for hydroxylation is 2. The van der Waals surface area contributed by atoms with Gasteiger partial charge in [0.15, 0.2) is 8.07 Å². The summed E-state index contributed by atoms with van der Waals surface area (Å²) in [6.45, 7) is 6.86. The summed E-state index contributed by atoms with van der Waals surface area (Å²) in [5.41, 5.74) is 4.37. The molecule has 0 saturated carbocycles. The zero-order valence-electron chi connectivity index (χ0n) is 20.6. The number of hydrogen-bond acceptors (Lipinski definition) is 0. The third kappa shape index (κ3) is 4.84. The molecule has 0 aliphatic heterocycles. The smallest absolute Gasteiger partial charge is 0.0806 e. The quantitative estimate of drug-likeness (QED) is 0.239. The van der Waals surface area contributed by atoms with Gasteiger partial charge in [0.25, 0.3) is 0 Å². The summed E-state index contributed by atoms with van der Waals surface area (Å²) in [7, 11) is -2.35. The Morgan fingerprint density at radius 2 is 1.12 bits per heavy atom. The molecule has 0 radical (unpaired) electrons. The molecule has 0 N–H and O–H groups in total. The second kappa shape index (κ2) is 11.0. The first-order valence-electron chi connectivity index (χ1n) is 12.8. The van der Waals surface area contributed by atoms with E-state index in [1.54, 1.807) is 5.20 Å². The summed E-state index contributed by atoms with van der Waals surface area (Å²) >= 11 is 0. The molecular formula is C32H38Si. The first-order valence-corrected chi connectivity index (χ1v) is 14.8. The normalized spacial score (nSPS) is 13.7. The second-order valence-electron chi connectivity index (χ2n) is 9.49. The van der Waals surface area contributed by atoms with E-state index < -0.39 is 8.07 Å². The number of allylic oxidation sites excluding steroid dienone is 4. The van der Waals surface area contributed by atoms with Gasteiger partial charge >= 0.3 is 0 Å². The third-order valence-electron chi connectivity index (χ3n) is 7.24. The van der Waals surface area contributed by atoms with Crippen LogP contribution in [0.25, 0.3) is 0 Å². The van der Waals surface area contributed by atoms with E-state index in [-0.39, 0.29) is 0 Å². The second-order valence-corrected chi connectivity index (χ2v) is 13.3. The Balaban J connectivity index is 1.91. The maximum absolute atomic E-state index is 2.45. The molecule has 0 heterocycles. The number of unbranched alkanes of at least 4 members (excludes halogenated alkanes) is 2. The lowest BCUT2D eigenvalue weighted by atomic mass is 10.1. The van der Waals surface area contributed by atoms with Crippen LogP contribution in [0.2, 0.25) is 0 Å². The predicted octanol–water partition coefficient (Wildman–Crippen LogP) is 6.66. The number of hydrogen-bond donors (Lipinski definition) is 0. The van der Waals surface area contributed by atoms with Crippen LogP contribution in [-0.2, 0) is 12.8 Å². The summed E-state index contributed by atoms with van der Waals surface area (Å²) in [5.74, 6) is 0. The van der Waals surface area contributed by atoms with Gasteiger partial charge in [-0.15, -0.1) is 0 Å². The van der Waals surface area contributed by atoms with Crippen LogP contribution in [0, 0.1) is 0 Å². The Kier molecular flexibility index (Phi) is 7.83. The van der Waals surface area contributed by atoms with E-state index in [0.29, 0.717) is 0 Å². The van der Waals surface area contributed by atoms with Gasteiger partial charge in [-0.05, 0) is 65.7 Å². The van der Waals surface area contributed by atoms with E-state index in [9.17, 15) is 0 Å². The lowest BCUT2D eigenvalue weighted by Crippen LogP contribution is -2.68. The highest BCUT2D eigenvalue weighted by atomic mass is 28.3. The first-order chi connectivity index (χ1) is 16.2. The molecule has 1 heteroatoms. The largest absolute Gasteiger partial charge is 0.176 e. The van der Waals surface area contributed by atoms with Crippen LogP contribution in [0.1, 0.15) is 64.0 Å². The van der Waals surface area contributed by atoms with Crippen molar-refractivity contribution >= 4 is 23.6 Å². The molecule has 0 nitrogen and oxygen atoms in total. The van der Waals surface area contributed by atoms with Gasteiger partial charge in [-0.25, -0.2) is 0 Å². The van der Waals surface area contributed by atoms with E-state index in [0.717, 1.165) is 6.42 Å². The molecular weight excluding hydrogens is 412 g/mol. The van der Waals surface area contributed by atoms with E-state index in [1.807, 2.05) is 0 Å². The van der Waals surface area contributed by atoms with Crippen LogP contribution < -0.4 is 15.6 Å². The van der Waals surface area contributed by atoms with E-state index in [1.165, 1.54) is 70.8 Å². The molecule has 0 bridgehead atoms. The first kappa shape index (κ1) is 23.5. The molecule has 0 unspecified atom stereocenters. The number of benzene rings is 3. The highest BCUT2D eigenvalue weighted by Crippen LogP contribution is 2.29. The van der Waals surface area contributed by atoms with E-state index in [4.69, 9.17) is 0 Å². The Morgan fingerprint density at radius 1 is 0.636 bits per heavy atom. The minimum atomic E-state index is -2.35. The van der Waals surface area contributed by atoms with Gasteiger partial charge in [-0.2, -0.15) is 0 Å². The van der Waals surface area contributed by atoms with Crippen LogP contribution in [0.15, 0.2) is 102 Å². The molecule has 0 aromatic heterocycles. The summed E-state index contributed by atoms with van der Waals surface area (Å²) in [4.78, 5) is 0. The molecule has 4 rings (SSSR count). The zero-order chi connectivity index (χ0) is 23.1. The lowest BCUT2D eigenvalue weighted by Gasteiger charge is -2.36. The van der Waals surface area contributed by atoms with Crippen LogP contribution in [0.4, 0.5) is 0 Å². The average molecular weight is 451 g/mol. The maximum atomic E-state index is 2.45. The van der Waals surface area contributed by atoms with Crippen molar-refractivity contribution in [1.82, 2.24) is 0 Å². The molecule has 0 saturated heterocycles. The summed E-state index contributed by atoms with van der Waals surface area (Å²) in [5, 5.41) is 6.14. The van der Waals surface area contributed by atoms with Crippen LogP contribution >= 0.6 is 0 Å². The fourth-order valence-corrected chi connectivity index (χ4v) is 10.5. The molecule has 3 aromatic rings. The Hall–Kier alpha value is -2.64. The highest BCUT2D eigenvalue weighted by Gasteiger charge is 2.43. The monoisotopic (exact) mass is 450 g/mol. The molecule has 33 heavy (non-hydrogen) atoms. The minimum absolute atomic E-state index is 1.06. The fourth-order valence-electron chi connectivity index (χ4n) is 5.38. The molecule has 0 amide bonds. The Labute approximate surface area is 202 Å². The zero-order valence-corrected chi connectivity index (χ0v) is 21.6. The molecule has 170 valence electrons. The van der Waals surface area contributed by atoms with Gasteiger partial charge in [0.2, 0.25) is 0 Å². The van der Waals surface area contributed by atoms with E-state index in [2.05, 4.69) is 112 Å². The van der Waals surface area contributed by atoms with Crippen molar-refractivity contribution < 1.29 is 0 Å². The van der Waals surface area contributed by atoms with Gasteiger partial charge in [-0.3, -0.25) is 0 Å². The Morgan fingerprint density at radius 3 is 1.55 bits per heavy atom. The van der Waals surface area contributed by atoms with Crippen molar-refractivity contribution in [2.24, 2.45) is 0 Å². The SMILES string of the molecule is CCCCc1ccc([Si](C2=C(C)C=CC2)(c2ccccc2)c2ccc(CCCC)cc2)cc1. The van der Waals surface area contributed by atoms with Crippen molar-refractivity contribution in [2.75, 3.05) is 0 Å². The maximum Gasteiger partial charge on any atom is 0.176 e. The van der Waals surface area contributed by atoms with Gasteiger partial charge in [0.05, 0.1) is 0 Å². The van der Waals surface area contributed by atoms with Gasteiger partial charge in [0, 0.05) is 0 Å². The minimum Gasteiger partial charge on any atom is -0.0806 e. The van der Waals surface area contributed by atoms with Crippen LogP contribution in [0.5, 0.6) is 0 Å². The van der Waals surface area contributed by atoms with Crippen molar-refractivity contribution in [2.45, 2.75) is 65.7 Å². The Bertz CT molecular complexity index is 1030. The van der Waals surface area contributed by atoms with Crippen molar-refractivity contribution in [3.63, 3.8) is 0 Å². The number of rotatable bonds is 10. The standard InChI is InChI=1S/C32H38Si/c1-4-6-13-27-18-22-30(23-19-27)33(29-15-9-8-10-16-29,32-17-11-12-26(32)3)31-24-20-28(21-25-31)14-7-5-2/h8-12,15-16,18-25H,4-7,13-14,17H2,1-3H3. The molecule has 1 aliphatic carbocycles. The fraction of sp³-hybridized carbons (Fsp3) is 0.312. The lowest BCUT2D eigenvalue weighted by molar-refractivity contribution is 0.795. The molecule has 0 spiro atoms. The third-order valence-corrected chi connectivity index (χ3v) is 12.3. The van der Waals surface area contributed by atoms with Gasteiger partial charge in [0.1, 0.15) is 0 Å². The summed E-state index contributed by atoms with van der Waals surface area (Å²) < 4.78 is 0. The molecule has 0 fully saturated rings. The van der Waals surface area contributed by atoms with Gasteiger partial charge in [-0.1, -0.05) is 128 Å². The van der Waals surface area contributed by atoms with Crippen LogP contribution in [0.3, 0.4) is 0 Å². The highest BCUT2D eigenvalue weighted by molar-refractivity contribution is 7.16. The van der Waals surface area contributed by atoms with Crippen molar-refractivity contribution in [3.8, 4) is 0 Å². The summed E-state index contributed by atoms with van der Waals surface area (Å²) in [6.07, 6.45) is 13.1. The topological polar surface area (TPSA) is 0 Å². The molecule has 0 atom stereocenters. The van der Waals surface area contributed by atoms with Gasteiger partial charge < -0.3 is 0 Å². The predicted molar refractivity (Wildman–Crippen MR) is 148 cm³/mol. The molecule has 3 aromatic carbocycles.